The number of aliphatic hydroxyl groups excluding tert-OH is 1. The topological polar surface area (TPSA) is 101 Å². The summed E-state index contributed by atoms with van der Waals surface area (Å²) in [6, 6.07) is 11.4. The monoisotopic (exact) mass is 394 g/mol. The van der Waals surface area contributed by atoms with Crippen molar-refractivity contribution < 1.29 is 14.4 Å². The van der Waals surface area contributed by atoms with E-state index in [0.29, 0.717) is 17.6 Å². The summed E-state index contributed by atoms with van der Waals surface area (Å²) in [7, 11) is 0. The Morgan fingerprint density at radius 1 is 1.14 bits per heavy atom. The second-order valence-corrected chi connectivity index (χ2v) is 7.46. The van der Waals surface area contributed by atoms with Crippen LogP contribution in [0.3, 0.4) is 0 Å². The lowest BCUT2D eigenvalue weighted by Crippen LogP contribution is -2.27. The third kappa shape index (κ3) is 5.71. The zero-order chi connectivity index (χ0) is 20.8. The Morgan fingerprint density at radius 2 is 1.90 bits per heavy atom. The van der Waals surface area contributed by atoms with Crippen molar-refractivity contribution >= 4 is 5.91 Å². The predicted octanol–water partition coefficient (Wildman–Crippen LogP) is 2.96. The van der Waals surface area contributed by atoms with E-state index in [2.05, 4.69) is 34.3 Å². The number of benzene rings is 1. The maximum Gasteiger partial charge on any atom is 0.258 e. The molecular weight excluding hydrogens is 368 g/mol. The Balaban J connectivity index is 1.75. The van der Waals surface area contributed by atoms with Crippen molar-refractivity contribution in [3.63, 3.8) is 0 Å². The number of nitrogens with zero attached hydrogens (tertiary/aromatic N) is 3. The van der Waals surface area contributed by atoms with Gasteiger partial charge in [0.25, 0.3) is 5.89 Å². The van der Waals surface area contributed by atoms with Crippen molar-refractivity contribution in [1.82, 2.24) is 20.4 Å². The van der Waals surface area contributed by atoms with E-state index in [1.54, 1.807) is 0 Å². The zero-order valence-electron chi connectivity index (χ0n) is 17.0. The summed E-state index contributed by atoms with van der Waals surface area (Å²) in [4.78, 5) is 20.9. The highest BCUT2D eigenvalue weighted by molar-refractivity contribution is 5.78. The lowest BCUT2D eigenvalue weighted by atomic mass is 10.1. The van der Waals surface area contributed by atoms with Crippen LogP contribution in [0.5, 0.6) is 0 Å². The minimum Gasteiger partial charge on any atom is -0.395 e. The Bertz CT molecular complexity index is 964. The summed E-state index contributed by atoms with van der Waals surface area (Å²) in [6.45, 7) is 6.47. The number of nitrogens with one attached hydrogen (secondary N) is 1. The number of hydrogen-bond donors (Lipinski definition) is 2. The Hall–Kier alpha value is -3.06. The molecular formula is C22H26N4O3. The molecule has 0 saturated heterocycles. The molecule has 1 amide bonds. The van der Waals surface area contributed by atoms with Crippen LogP contribution in [0.15, 0.2) is 40.9 Å². The molecule has 0 aliphatic rings. The number of aryl methyl sites for hydroxylation is 1. The molecule has 7 nitrogen and oxygen atoms in total. The van der Waals surface area contributed by atoms with E-state index < -0.39 is 0 Å². The van der Waals surface area contributed by atoms with Crippen molar-refractivity contribution in [3.8, 4) is 22.8 Å². The zero-order valence-corrected chi connectivity index (χ0v) is 17.0. The summed E-state index contributed by atoms with van der Waals surface area (Å²) in [5, 5.41) is 15.5. The van der Waals surface area contributed by atoms with Crippen LogP contribution in [0.2, 0.25) is 0 Å². The van der Waals surface area contributed by atoms with Crippen molar-refractivity contribution in [1.29, 1.82) is 0 Å². The fourth-order valence-corrected chi connectivity index (χ4v) is 3.06. The lowest BCUT2D eigenvalue weighted by molar-refractivity contribution is -0.120. The minimum atomic E-state index is -0.126. The normalized spacial score (nSPS) is 11.1. The fourth-order valence-electron chi connectivity index (χ4n) is 3.06. The first-order valence-electron chi connectivity index (χ1n) is 9.73. The molecule has 29 heavy (non-hydrogen) atoms. The first-order valence-corrected chi connectivity index (χ1v) is 9.73. The molecule has 0 unspecified atom stereocenters. The van der Waals surface area contributed by atoms with Crippen molar-refractivity contribution in [2.24, 2.45) is 5.92 Å². The lowest BCUT2D eigenvalue weighted by Gasteiger charge is -2.06. The van der Waals surface area contributed by atoms with Gasteiger partial charge in [-0.15, -0.1) is 0 Å². The summed E-state index contributed by atoms with van der Waals surface area (Å²) in [6.07, 6.45) is 1.15. The first kappa shape index (κ1) is 20.7. The highest BCUT2D eigenvalue weighted by atomic mass is 16.5. The van der Waals surface area contributed by atoms with E-state index >= 15 is 0 Å². The van der Waals surface area contributed by atoms with Gasteiger partial charge in [0.1, 0.15) is 0 Å². The number of hydrogen-bond acceptors (Lipinski definition) is 6. The van der Waals surface area contributed by atoms with Crippen LogP contribution < -0.4 is 5.32 Å². The standard InChI is InChI=1S/C22H26N4O3/c1-14(2)10-19-13-18(11-15(3)24-19)22-25-21(26-29-22)17-6-4-16(5-7-17)12-20(28)23-8-9-27/h4-7,11,13-14,27H,8-10,12H2,1-3H3,(H,23,28). The van der Waals surface area contributed by atoms with Gasteiger partial charge in [0.05, 0.1) is 13.0 Å². The molecule has 0 saturated carbocycles. The fraction of sp³-hybridized carbons (Fsp3) is 0.364. The third-order valence-electron chi connectivity index (χ3n) is 4.31. The van der Waals surface area contributed by atoms with Crippen LogP contribution in [-0.4, -0.2) is 39.3 Å². The summed E-state index contributed by atoms with van der Waals surface area (Å²) in [5.41, 5.74) is 4.48. The second kappa shape index (κ2) is 9.43. The Kier molecular flexibility index (Phi) is 6.72. The molecule has 0 aliphatic carbocycles. The highest BCUT2D eigenvalue weighted by Gasteiger charge is 2.13. The van der Waals surface area contributed by atoms with Crippen LogP contribution in [-0.2, 0) is 17.6 Å². The maximum absolute atomic E-state index is 11.7. The van der Waals surface area contributed by atoms with E-state index in [4.69, 9.17) is 9.63 Å². The molecule has 0 radical (unpaired) electrons. The molecule has 0 spiro atoms. The summed E-state index contributed by atoms with van der Waals surface area (Å²) in [5.74, 6) is 1.35. The summed E-state index contributed by atoms with van der Waals surface area (Å²) >= 11 is 0. The van der Waals surface area contributed by atoms with Gasteiger partial charge in [-0.25, -0.2) is 0 Å². The average molecular weight is 394 g/mol. The van der Waals surface area contributed by atoms with Crippen LogP contribution >= 0.6 is 0 Å². The first-order chi connectivity index (χ1) is 13.9. The molecule has 2 N–H and O–H groups in total. The third-order valence-corrected chi connectivity index (χ3v) is 4.31. The molecule has 2 aromatic heterocycles. The van der Waals surface area contributed by atoms with Gasteiger partial charge in [0, 0.05) is 29.1 Å². The van der Waals surface area contributed by atoms with E-state index in [-0.39, 0.29) is 25.5 Å². The van der Waals surface area contributed by atoms with Gasteiger partial charge in [0.2, 0.25) is 11.7 Å². The molecule has 3 aromatic rings. The Labute approximate surface area is 170 Å². The van der Waals surface area contributed by atoms with Crippen LogP contribution in [0.4, 0.5) is 0 Å². The number of aromatic nitrogens is 3. The van der Waals surface area contributed by atoms with E-state index in [1.807, 2.05) is 43.3 Å². The van der Waals surface area contributed by atoms with E-state index in [0.717, 1.165) is 34.5 Å². The SMILES string of the molecule is Cc1cc(-c2nc(-c3ccc(CC(=O)NCCO)cc3)no2)cc(CC(C)C)n1. The van der Waals surface area contributed by atoms with Gasteiger partial charge in [-0.1, -0.05) is 43.3 Å². The van der Waals surface area contributed by atoms with Crippen LogP contribution in [0.25, 0.3) is 22.8 Å². The van der Waals surface area contributed by atoms with Gasteiger partial charge in [-0.2, -0.15) is 4.98 Å². The van der Waals surface area contributed by atoms with E-state index in [1.165, 1.54) is 0 Å². The molecule has 0 aliphatic heterocycles. The highest BCUT2D eigenvalue weighted by Crippen LogP contribution is 2.24. The molecule has 2 heterocycles. The van der Waals surface area contributed by atoms with Gasteiger partial charge in [0.15, 0.2) is 0 Å². The quantitative estimate of drug-likeness (QED) is 0.609. The van der Waals surface area contributed by atoms with Crippen LogP contribution in [0, 0.1) is 12.8 Å². The molecule has 152 valence electrons. The van der Waals surface area contributed by atoms with Crippen LogP contribution in [0.1, 0.15) is 30.8 Å². The van der Waals surface area contributed by atoms with Gasteiger partial charge < -0.3 is 14.9 Å². The smallest absolute Gasteiger partial charge is 0.258 e. The number of amides is 1. The maximum atomic E-state index is 11.7. The number of carbonyl (C=O) groups excluding carboxylic acids is 1. The molecule has 0 atom stereocenters. The van der Waals surface area contributed by atoms with Crippen molar-refractivity contribution in [2.75, 3.05) is 13.2 Å². The van der Waals surface area contributed by atoms with Crippen molar-refractivity contribution in [3.05, 3.63) is 53.3 Å². The average Bonchev–Trinajstić information content (AvgIpc) is 3.16. The van der Waals surface area contributed by atoms with Gasteiger partial charge in [-0.3, -0.25) is 9.78 Å². The molecule has 0 fully saturated rings. The molecule has 3 rings (SSSR count). The van der Waals surface area contributed by atoms with E-state index in [9.17, 15) is 4.79 Å². The Morgan fingerprint density at radius 3 is 2.59 bits per heavy atom. The predicted molar refractivity (Wildman–Crippen MR) is 110 cm³/mol. The molecule has 1 aromatic carbocycles. The largest absolute Gasteiger partial charge is 0.395 e. The number of pyridine rings is 1. The molecule has 7 heteroatoms. The molecule has 0 bridgehead atoms. The second-order valence-electron chi connectivity index (χ2n) is 7.46. The van der Waals surface area contributed by atoms with Crippen molar-refractivity contribution in [2.45, 2.75) is 33.6 Å². The summed E-state index contributed by atoms with van der Waals surface area (Å²) < 4.78 is 5.48. The number of aliphatic hydroxyl groups is 1. The number of rotatable bonds is 8. The van der Waals surface area contributed by atoms with Gasteiger partial charge >= 0.3 is 0 Å². The van der Waals surface area contributed by atoms with Gasteiger partial charge in [-0.05, 0) is 37.0 Å². The minimum absolute atomic E-state index is 0.0686. The number of carbonyl (C=O) groups is 1.